The summed E-state index contributed by atoms with van der Waals surface area (Å²) in [6.07, 6.45) is 5.38. The van der Waals surface area contributed by atoms with Crippen LogP contribution >= 0.6 is 11.3 Å². The Labute approximate surface area is 158 Å². The molecule has 8 heteroatoms. The van der Waals surface area contributed by atoms with Crippen LogP contribution in [0.4, 0.5) is 5.69 Å². The zero-order chi connectivity index (χ0) is 18.4. The lowest BCUT2D eigenvalue weighted by Crippen LogP contribution is -2.27. The number of nitrogens with zero attached hydrogens (tertiary/aromatic N) is 2. The zero-order valence-electron chi connectivity index (χ0n) is 14.5. The molecule has 1 N–H and O–H groups in total. The molecule has 0 bridgehead atoms. The Kier molecular flexibility index (Phi) is 3.86. The van der Waals surface area contributed by atoms with Gasteiger partial charge in [0, 0.05) is 28.5 Å². The molecule has 2 aromatic heterocycles. The third kappa shape index (κ3) is 2.76. The van der Waals surface area contributed by atoms with Gasteiger partial charge in [-0.2, -0.15) is 0 Å². The van der Waals surface area contributed by atoms with Crippen molar-refractivity contribution in [2.75, 3.05) is 18.5 Å². The molecule has 1 aliphatic carbocycles. The number of carbonyl (C=O) groups excluding carboxylic acids is 1. The Morgan fingerprint density at radius 2 is 1.96 bits per heavy atom. The normalized spacial score (nSPS) is 15.4. The molecule has 0 saturated heterocycles. The van der Waals surface area contributed by atoms with E-state index in [0.717, 1.165) is 31.4 Å². The summed E-state index contributed by atoms with van der Waals surface area (Å²) >= 11 is 1.54. The molecular weight excluding hydrogens is 366 g/mol. The predicted octanol–water partition coefficient (Wildman–Crippen LogP) is 2.66. The first-order valence-corrected chi connectivity index (χ1v) is 9.76. The molecule has 27 heavy (non-hydrogen) atoms. The lowest BCUT2D eigenvalue weighted by molar-refractivity contribution is 0.102. The van der Waals surface area contributed by atoms with Crippen molar-refractivity contribution in [3.63, 3.8) is 0 Å². The average Bonchev–Trinajstić information content (AvgIpc) is 3.07. The number of hydrogen-bond donors (Lipinski definition) is 1. The van der Waals surface area contributed by atoms with Crippen LogP contribution in [0.2, 0.25) is 0 Å². The molecule has 0 unspecified atom stereocenters. The molecule has 0 saturated carbocycles. The van der Waals surface area contributed by atoms with Gasteiger partial charge in [-0.15, -0.1) is 11.3 Å². The molecule has 0 fully saturated rings. The molecule has 1 aliphatic heterocycles. The second-order valence-corrected chi connectivity index (χ2v) is 7.65. The lowest BCUT2D eigenvalue weighted by Gasteiger charge is -2.19. The van der Waals surface area contributed by atoms with E-state index in [1.165, 1.54) is 11.1 Å². The van der Waals surface area contributed by atoms with Crippen LogP contribution < -0.4 is 20.3 Å². The van der Waals surface area contributed by atoms with E-state index in [9.17, 15) is 9.59 Å². The largest absolute Gasteiger partial charge is 0.486 e. The average molecular weight is 383 g/mol. The summed E-state index contributed by atoms with van der Waals surface area (Å²) < 4.78 is 12.6. The molecule has 0 spiro atoms. The van der Waals surface area contributed by atoms with Gasteiger partial charge in [-0.3, -0.25) is 14.0 Å². The maximum atomic E-state index is 12.9. The first kappa shape index (κ1) is 16.3. The van der Waals surface area contributed by atoms with Crippen LogP contribution in [0.1, 0.15) is 33.8 Å². The monoisotopic (exact) mass is 383 g/mol. The molecule has 5 rings (SSSR count). The summed E-state index contributed by atoms with van der Waals surface area (Å²) in [5.74, 6) is 0.748. The predicted molar refractivity (Wildman–Crippen MR) is 101 cm³/mol. The van der Waals surface area contributed by atoms with Crippen molar-refractivity contribution >= 4 is 27.9 Å². The van der Waals surface area contributed by atoms with Gasteiger partial charge in [0.25, 0.3) is 11.5 Å². The maximum Gasteiger partial charge on any atom is 0.271 e. The van der Waals surface area contributed by atoms with Crippen LogP contribution in [0.3, 0.4) is 0 Å². The smallest absolute Gasteiger partial charge is 0.271 e. The van der Waals surface area contributed by atoms with Crippen molar-refractivity contribution < 1.29 is 14.3 Å². The number of aryl methyl sites for hydroxylation is 2. The van der Waals surface area contributed by atoms with Gasteiger partial charge in [0.1, 0.15) is 18.8 Å². The highest BCUT2D eigenvalue weighted by Gasteiger charge is 2.22. The number of fused-ring (bicyclic) bond motifs is 4. The highest BCUT2D eigenvalue weighted by Crippen LogP contribution is 2.33. The van der Waals surface area contributed by atoms with Crippen molar-refractivity contribution in [1.82, 2.24) is 9.38 Å². The van der Waals surface area contributed by atoms with E-state index in [-0.39, 0.29) is 11.1 Å². The summed E-state index contributed by atoms with van der Waals surface area (Å²) in [6.45, 7) is 0.974. The van der Waals surface area contributed by atoms with Crippen LogP contribution in [-0.2, 0) is 12.8 Å². The van der Waals surface area contributed by atoms with E-state index in [4.69, 9.17) is 9.47 Å². The topological polar surface area (TPSA) is 81.9 Å². The number of carbonyl (C=O) groups is 1. The Hall–Kier alpha value is -2.87. The van der Waals surface area contributed by atoms with Gasteiger partial charge in [0.2, 0.25) is 0 Å². The van der Waals surface area contributed by atoms with Crippen LogP contribution in [0.15, 0.2) is 29.2 Å². The molecule has 2 aliphatic rings. The number of thiazole rings is 1. The first-order valence-electron chi connectivity index (χ1n) is 8.94. The molecule has 3 heterocycles. The van der Waals surface area contributed by atoms with Gasteiger partial charge in [0.05, 0.1) is 0 Å². The molecule has 1 aromatic carbocycles. The van der Waals surface area contributed by atoms with Gasteiger partial charge in [0.15, 0.2) is 16.5 Å². The number of benzene rings is 1. The third-order valence-corrected chi connectivity index (χ3v) is 6.00. The fourth-order valence-corrected chi connectivity index (χ4v) is 4.71. The SMILES string of the molecule is O=C(Nc1ccc2c(c1)OCCO2)c1cnc2sc3c(n2c1=O)CCCC3. The summed E-state index contributed by atoms with van der Waals surface area (Å²) in [4.78, 5) is 31.9. The first-order chi connectivity index (χ1) is 13.2. The Morgan fingerprint density at radius 1 is 1.15 bits per heavy atom. The second-order valence-electron chi connectivity index (χ2n) is 6.59. The Morgan fingerprint density at radius 3 is 2.85 bits per heavy atom. The highest BCUT2D eigenvalue weighted by atomic mass is 32.1. The van der Waals surface area contributed by atoms with Crippen molar-refractivity contribution in [1.29, 1.82) is 0 Å². The van der Waals surface area contributed by atoms with Crippen molar-refractivity contribution in [2.45, 2.75) is 25.7 Å². The fourth-order valence-electron chi connectivity index (χ4n) is 3.54. The minimum Gasteiger partial charge on any atom is -0.486 e. The van der Waals surface area contributed by atoms with Gasteiger partial charge in [-0.05, 0) is 37.8 Å². The van der Waals surface area contributed by atoms with Gasteiger partial charge in [-0.1, -0.05) is 0 Å². The van der Waals surface area contributed by atoms with Crippen molar-refractivity contribution in [3.8, 4) is 11.5 Å². The number of aromatic nitrogens is 2. The van der Waals surface area contributed by atoms with Crippen LogP contribution in [-0.4, -0.2) is 28.5 Å². The maximum absolute atomic E-state index is 12.9. The highest BCUT2D eigenvalue weighted by molar-refractivity contribution is 7.17. The van der Waals surface area contributed by atoms with E-state index in [2.05, 4.69) is 10.3 Å². The lowest BCUT2D eigenvalue weighted by atomic mass is 10.0. The Bertz CT molecular complexity index is 1120. The van der Waals surface area contributed by atoms with E-state index >= 15 is 0 Å². The fraction of sp³-hybridized carbons (Fsp3) is 0.316. The van der Waals surface area contributed by atoms with Crippen LogP contribution in [0.25, 0.3) is 4.96 Å². The minimum absolute atomic E-state index is 0.0357. The van der Waals surface area contributed by atoms with E-state index in [1.54, 1.807) is 33.9 Å². The van der Waals surface area contributed by atoms with Crippen LogP contribution in [0.5, 0.6) is 11.5 Å². The van der Waals surface area contributed by atoms with Crippen molar-refractivity contribution in [2.24, 2.45) is 0 Å². The quantitative estimate of drug-likeness (QED) is 0.736. The standard InChI is InChI=1S/C19H17N3O4S/c23-17(21-11-5-6-14-15(9-11)26-8-7-25-14)12-10-20-19-22(18(12)24)13-3-1-2-4-16(13)27-19/h5-6,9-10H,1-4,7-8H2,(H,21,23). The number of rotatable bonds is 2. The summed E-state index contributed by atoms with van der Waals surface area (Å²) in [6, 6.07) is 5.16. The van der Waals surface area contributed by atoms with Crippen molar-refractivity contribution in [3.05, 3.63) is 50.9 Å². The number of anilines is 1. The van der Waals surface area contributed by atoms with Gasteiger partial charge in [-0.25, -0.2) is 4.98 Å². The molecule has 1 amide bonds. The summed E-state index contributed by atoms with van der Waals surface area (Å²) in [5.41, 5.74) is 1.27. The summed E-state index contributed by atoms with van der Waals surface area (Å²) in [5, 5.41) is 2.76. The van der Waals surface area contributed by atoms with Gasteiger partial charge >= 0.3 is 0 Å². The molecule has 0 atom stereocenters. The summed E-state index contributed by atoms with van der Waals surface area (Å²) in [7, 11) is 0. The van der Waals surface area contributed by atoms with Gasteiger partial charge < -0.3 is 14.8 Å². The molecule has 0 radical (unpaired) electrons. The molecule has 138 valence electrons. The Balaban J connectivity index is 1.49. The molecular formula is C19H17N3O4S. The minimum atomic E-state index is -0.477. The second kappa shape index (κ2) is 6.38. The van der Waals surface area contributed by atoms with E-state index in [0.29, 0.717) is 35.4 Å². The number of amides is 1. The third-order valence-electron chi connectivity index (χ3n) is 4.85. The molecule has 3 aromatic rings. The number of ether oxygens (including phenoxy) is 2. The van der Waals surface area contributed by atoms with E-state index in [1.807, 2.05) is 0 Å². The van der Waals surface area contributed by atoms with Crippen LogP contribution in [0, 0.1) is 0 Å². The van der Waals surface area contributed by atoms with E-state index < -0.39 is 5.91 Å². The zero-order valence-corrected chi connectivity index (χ0v) is 15.3. The number of hydrogen-bond acceptors (Lipinski definition) is 6. The molecule has 7 nitrogen and oxygen atoms in total. The number of nitrogens with one attached hydrogen (secondary N) is 1.